The highest BCUT2D eigenvalue weighted by atomic mass is 35.5. The Hall–Kier alpha value is -2.81. The molecule has 2 rings (SSSR count). The molecule has 0 radical (unpaired) electrons. The van der Waals surface area contributed by atoms with Crippen LogP contribution >= 0.6 is 23.2 Å². The van der Waals surface area contributed by atoms with Crippen molar-refractivity contribution in [1.29, 1.82) is 5.26 Å². The highest BCUT2D eigenvalue weighted by Gasteiger charge is 2.14. The van der Waals surface area contributed by atoms with Gasteiger partial charge in [-0.3, -0.25) is 4.79 Å². The zero-order valence-electron chi connectivity index (χ0n) is 14.4. The Morgan fingerprint density at radius 1 is 1.22 bits per heavy atom. The van der Waals surface area contributed by atoms with Gasteiger partial charge in [0.25, 0.3) is 5.91 Å². The molecule has 0 saturated heterocycles. The average molecular weight is 403 g/mol. The van der Waals surface area contributed by atoms with Gasteiger partial charge in [0, 0.05) is 16.1 Å². The van der Waals surface area contributed by atoms with Gasteiger partial charge in [-0.15, -0.1) is 0 Å². The molecule has 1 atom stereocenters. The number of halogens is 2. The van der Waals surface area contributed by atoms with Crippen molar-refractivity contribution in [1.82, 2.24) is 5.32 Å². The zero-order valence-corrected chi connectivity index (χ0v) is 15.9. The SMILES string of the molecule is C[C@H](NC(=O)COC(=O)/C=C/c1ccc(C#N)cc1)c1ccc(Cl)cc1Cl. The quantitative estimate of drug-likeness (QED) is 0.576. The van der Waals surface area contributed by atoms with Crippen molar-refractivity contribution in [2.75, 3.05) is 6.61 Å². The lowest BCUT2D eigenvalue weighted by Crippen LogP contribution is -2.31. The van der Waals surface area contributed by atoms with Crippen molar-refractivity contribution in [2.45, 2.75) is 13.0 Å². The minimum absolute atomic E-state index is 0.366. The molecule has 0 aromatic heterocycles. The van der Waals surface area contributed by atoms with Crippen molar-refractivity contribution < 1.29 is 14.3 Å². The van der Waals surface area contributed by atoms with Crippen LogP contribution < -0.4 is 5.32 Å². The molecule has 0 bridgehead atoms. The fourth-order valence-electron chi connectivity index (χ4n) is 2.23. The van der Waals surface area contributed by atoms with Gasteiger partial charge in [-0.25, -0.2) is 4.79 Å². The number of benzene rings is 2. The predicted octanol–water partition coefficient (Wildman–Crippen LogP) is 4.30. The molecule has 0 saturated carbocycles. The number of hydrogen-bond acceptors (Lipinski definition) is 4. The first-order valence-electron chi connectivity index (χ1n) is 7.98. The van der Waals surface area contributed by atoms with Crippen molar-refractivity contribution in [3.63, 3.8) is 0 Å². The fraction of sp³-hybridized carbons (Fsp3) is 0.150. The first-order chi connectivity index (χ1) is 12.9. The number of carbonyl (C=O) groups excluding carboxylic acids is 2. The van der Waals surface area contributed by atoms with Crippen LogP contribution in [0.15, 0.2) is 48.5 Å². The second-order valence-electron chi connectivity index (χ2n) is 5.63. The van der Waals surface area contributed by atoms with Gasteiger partial charge in [0.2, 0.25) is 0 Å². The Morgan fingerprint density at radius 3 is 2.56 bits per heavy atom. The number of hydrogen-bond donors (Lipinski definition) is 1. The Kier molecular flexibility index (Phi) is 7.42. The highest BCUT2D eigenvalue weighted by molar-refractivity contribution is 6.35. The molecule has 2 aromatic carbocycles. The molecule has 0 unspecified atom stereocenters. The van der Waals surface area contributed by atoms with E-state index in [2.05, 4.69) is 5.32 Å². The molecule has 138 valence electrons. The summed E-state index contributed by atoms with van der Waals surface area (Å²) in [6, 6.07) is 13.3. The van der Waals surface area contributed by atoms with Gasteiger partial charge in [-0.2, -0.15) is 5.26 Å². The first-order valence-corrected chi connectivity index (χ1v) is 8.74. The number of ether oxygens (including phenoxy) is 1. The van der Waals surface area contributed by atoms with Crippen LogP contribution in [0, 0.1) is 11.3 Å². The summed E-state index contributed by atoms with van der Waals surface area (Å²) >= 11 is 12.0. The van der Waals surface area contributed by atoms with E-state index in [4.69, 9.17) is 33.2 Å². The maximum atomic E-state index is 11.9. The van der Waals surface area contributed by atoms with Gasteiger partial charge >= 0.3 is 5.97 Å². The summed E-state index contributed by atoms with van der Waals surface area (Å²) < 4.78 is 4.91. The fourth-order valence-corrected chi connectivity index (χ4v) is 2.80. The topological polar surface area (TPSA) is 79.2 Å². The maximum absolute atomic E-state index is 11.9. The van der Waals surface area contributed by atoms with E-state index in [9.17, 15) is 9.59 Å². The van der Waals surface area contributed by atoms with Crippen molar-refractivity contribution in [2.24, 2.45) is 0 Å². The van der Waals surface area contributed by atoms with E-state index >= 15 is 0 Å². The second kappa shape index (κ2) is 9.77. The van der Waals surface area contributed by atoms with Gasteiger partial charge in [0.05, 0.1) is 17.7 Å². The molecule has 2 aromatic rings. The maximum Gasteiger partial charge on any atom is 0.331 e. The normalized spacial score (nSPS) is 11.6. The lowest BCUT2D eigenvalue weighted by Gasteiger charge is -2.15. The number of nitrogens with one attached hydrogen (secondary N) is 1. The van der Waals surface area contributed by atoms with E-state index in [0.29, 0.717) is 21.2 Å². The molecular weight excluding hydrogens is 387 g/mol. The summed E-state index contributed by atoms with van der Waals surface area (Å²) in [5, 5.41) is 12.4. The van der Waals surface area contributed by atoms with Gasteiger partial charge in [-0.05, 0) is 48.4 Å². The Labute approximate surface area is 167 Å². The van der Waals surface area contributed by atoms with Crippen LogP contribution in [0.25, 0.3) is 6.08 Å². The molecule has 0 aliphatic heterocycles. The predicted molar refractivity (Wildman–Crippen MR) is 104 cm³/mol. The second-order valence-corrected chi connectivity index (χ2v) is 6.47. The van der Waals surface area contributed by atoms with Crippen LogP contribution in [0.2, 0.25) is 10.0 Å². The number of nitriles is 1. The molecule has 0 aliphatic carbocycles. The number of esters is 1. The third-order valence-corrected chi connectivity index (χ3v) is 4.17. The van der Waals surface area contributed by atoms with Gasteiger partial charge in [0.1, 0.15) is 0 Å². The largest absolute Gasteiger partial charge is 0.452 e. The lowest BCUT2D eigenvalue weighted by atomic mass is 10.1. The van der Waals surface area contributed by atoms with Crippen LogP contribution in [0.5, 0.6) is 0 Å². The molecule has 0 aliphatic rings. The van der Waals surface area contributed by atoms with Crippen LogP contribution in [-0.4, -0.2) is 18.5 Å². The van der Waals surface area contributed by atoms with E-state index in [1.54, 1.807) is 49.4 Å². The minimum atomic E-state index is -0.647. The summed E-state index contributed by atoms with van der Waals surface area (Å²) in [6.07, 6.45) is 2.76. The molecule has 0 fully saturated rings. The molecule has 0 spiro atoms. The van der Waals surface area contributed by atoms with E-state index in [1.807, 2.05) is 6.07 Å². The van der Waals surface area contributed by atoms with Gasteiger partial charge in [-0.1, -0.05) is 41.4 Å². The highest BCUT2D eigenvalue weighted by Crippen LogP contribution is 2.25. The molecule has 0 heterocycles. The molecular formula is C20H16Cl2N2O3. The van der Waals surface area contributed by atoms with Gasteiger partial charge in [0.15, 0.2) is 6.61 Å². The number of carbonyl (C=O) groups is 2. The lowest BCUT2D eigenvalue weighted by molar-refractivity contribution is -0.144. The standard InChI is InChI=1S/C20H16Cl2N2O3/c1-13(17-8-7-16(21)10-18(17)22)24-19(25)12-27-20(26)9-6-14-2-4-15(11-23)5-3-14/h2-10,13H,12H2,1H3,(H,24,25)/b9-6+/t13-/m0/s1. The Morgan fingerprint density at radius 2 is 1.93 bits per heavy atom. The van der Waals surface area contributed by atoms with Crippen LogP contribution in [-0.2, 0) is 14.3 Å². The van der Waals surface area contributed by atoms with Crippen molar-refractivity contribution in [3.05, 3.63) is 75.3 Å². The summed E-state index contributed by atoms with van der Waals surface area (Å²) in [5.74, 6) is -1.10. The zero-order chi connectivity index (χ0) is 19.8. The molecule has 1 amide bonds. The summed E-state index contributed by atoms with van der Waals surface area (Å²) in [6.45, 7) is 1.35. The summed E-state index contributed by atoms with van der Waals surface area (Å²) in [5.41, 5.74) is 1.98. The van der Waals surface area contributed by atoms with E-state index < -0.39 is 18.5 Å². The molecule has 27 heavy (non-hydrogen) atoms. The van der Waals surface area contributed by atoms with Crippen molar-refractivity contribution >= 4 is 41.2 Å². The first kappa shape index (κ1) is 20.5. The smallest absolute Gasteiger partial charge is 0.331 e. The molecule has 7 heteroatoms. The van der Waals surface area contributed by atoms with Crippen LogP contribution in [0.4, 0.5) is 0 Å². The van der Waals surface area contributed by atoms with E-state index in [-0.39, 0.29) is 6.04 Å². The third-order valence-electron chi connectivity index (χ3n) is 3.60. The molecule has 1 N–H and O–H groups in total. The Balaban J connectivity index is 1.82. The van der Waals surface area contributed by atoms with Crippen molar-refractivity contribution in [3.8, 4) is 6.07 Å². The number of nitrogens with zero attached hydrogens (tertiary/aromatic N) is 1. The van der Waals surface area contributed by atoms with Gasteiger partial charge < -0.3 is 10.1 Å². The van der Waals surface area contributed by atoms with E-state index in [1.165, 1.54) is 12.2 Å². The number of rotatable bonds is 6. The van der Waals surface area contributed by atoms with E-state index in [0.717, 1.165) is 5.56 Å². The monoisotopic (exact) mass is 402 g/mol. The summed E-state index contributed by atoms with van der Waals surface area (Å²) in [7, 11) is 0. The number of amides is 1. The minimum Gasteiger partial charge on any atom is -0.452 e. The van der Waals surface area contributed by atoms with Crippen LogP contribution in [0.3, 0.4) is 0 Å². The third kappa shape index (κ3) is 6.45. The van der Waals surface area contributed by atoms with Crippen LogP contribution in [0.1, 0.15) is 29.7 Å². The molecule has 5 nitrogen and oxygen atoms in total. The summed E-state index contributed by atoms with van der Waals surface area (Å²) in [4.78, 5) is 23.7. The average Bonchev–Trinajstić information content (AvgIpc) is 2.65. The Bertz CT molecular complexity index is 902.